The van der Waals surface area contributed by atoms with Gasteiger partial charge in [-0.3, -0.25) is 5.32 Å². The van der Waals surface area contributed by atoms with Gasteiger partial charge < -0.3 is 9.84 Å². The molecule has 0 bridgehead atoms. The number of esters is 1. The third kappa shape index (κ3) is 2.83. The molecular formula is C6H8N4O4. The van der Waals surface area contributed by atoms with Crippen LogP contribution in [0.4, 0.5) is 10.6 Å². The van der Waals surface area contributed by atoms with Crippen LogP contribution in [-0.4, -0.2) is 38.7 Å². The van der Waals surface area contributed by atoms with Crippen LogP contribution < -0.4 is 5.32 Å². The first-order chi connectivity index (χ1) is 6.59. The second-order valence-electron chi connectivity index (χ2n) is 2.36. The Labute approximate surface area is 78.3 Å². The van der Waals surface area contributed by atoms with E-state index < -0.39 is 18.2 Å². The molecular weight excluding hydrogens is 192 g/mol. The number of aliphatic hydroxyl groups excluding tert-OH is 1. The summed E-state index contributed by atoms with van der Waals surface area (Å²) >= 11 is 0. The fourth-order valence-electron chi connectivity index (χ4n) is 0.569. The molecule has 0 aliphatic heterocycles. The quantitative estimate of drug-likeness (QED) is 0.427. The lowest BCUT2D eigenvalue weighted by Crippen LogP contribution is -2.25. The summed E-state index contributed by atoms with van der Waals surface area (Å²) in [6.45, 7) is 1.19. The molecule has 0 fully saturated rings. The minimum absolute atomic E-state index is 0.119. The monoisotopic (exact) mass is 200 g/mol. The first-order valence-corrected chi connectivity index (χ1v) is 3.66. The molecule has 1 rings (SSSR count). The number of ether oxygens (including phenoxy) is 1. The van der Waals surface area contributed by atoms with Crippen LogP contribution in [0.3, 0.4) is 0 Å². The number of aromatic amines is 1. The van der Waals surface area contributed by atoms with E-state index in [9.17, 15) is 9.59 Å². The Morgan fingerprint density at radius 3 is 2.93 bits per heavy atom. The summed E-state index contributed by atoms with van der Waals surface area (Å²) in [5, 5.41) is 20.0. The van der Waals surface area contributed by atoms with Gasteiger partial charge in [-0.1, -0.05) is 0 Å². The molecule has 0 aromatic carbocycles. The minimum atomic E-state index is -1.35. The summed E-state index contributed by atoms with van der Waals surface area (Å²) in [4.78, 5) is 21.6. The molecule has 8 nitrogen and oxygen atoms in total. The Bertz CT molecular complexity index is 321. The summed E-state index contributed by atoms with van der Waals surface area (Å²) in [5.74, 6) is -0.917. The fourth-order valence-corrected chi connectivity index (χ4v) is 0.569. The van der Waals surface area contributed by atoms with E-state index in [2.05, 4.69) is 25.5 Å². The molecule has 1 unspecified atom stereocenters. The van der Waals surface area contributed by atoms with Crippen LogP contribution in [0, 0.1) is 0 Å². The maximum Gasteiger partial charge on any atom is 0.420 e. The molecule has 0 saturated carbocycles. The number of nitrogens with one attached hydrogen (secondary N) is 2. The summed E-state index contributed by atoms with van der Waals surface area (Å²) < 4.78 is 4.16. The van der Waals surface area contributed by atoms with Gasteiger partial charge in [0, 0.05) is 0 Å². The molecule has 3 N–H and O–H groups in total. The van der Waals surface area contributed by atoms with E-state index in [-0.39, 0.29) is 5.82 Å². The van der Waals surface area contributed by atoms with Crippen LogP contribution in [0.5, 0.6) is 0 Å². The molecule has 1 aromatic rings. The second kappa shape index (κ2) is 4.33. The highest BCUT2D eigenvalue weighted by Crippen LogP contribution is 1.97. The van der Waals surface area contributed by atoms with Gasteiger partial charge >= 0.3 is 12.1 Å². The highest BCUT2D eigenvalue weighted by atomic mass is 16.6. The van der Waals surface area contributed by atoms with Gasteiger partial charge in [-0.15, -0.1) is 5.10 Å². The number of hydrogen-bond acceptors (Lipinski definition) is 6. The molecule has 0 radical (unpaired) electrons. The number of H-pyrrole nitrogens is 1. The number of aromatic nitrogens is 3. The maximum atomic E-state index is 10.9. The zero-order valence-electron chi connectivity index (χ0n) is 7.22. The smallest absolute Gasteiger partial charge is 0.382 e. The lowest BCUT2D eigenvalue weighted by atomic mass is 10.4. The van der Waals surface area contributed by atoms with Crippen molar-refractivity contribution in [2.45, 2.75) is 13.0 Å². The van der Waals surface area contributed by atoms with Gasteiger partial charge in [0.25, 0.3) is 0 Å². The molecule has 0 aliphatic carbocycles. The van der Waals surface area contributed by atoms with E-state index in [0.717, 1.165) is 0 Å². The number of carbonyl (C=O) groups excluding carboxylic acids is 2. The minimum Gasteiger partial charge on any atom is -0.382 e. The lowest BCUT2D eigenvalue weighted by Gasteiger charge is -2.03. The summed E-state index contributed by atoms with van der Waals surface area (Å²) in [7, 11) is 0. The molecule has 1 aromatic heterocycles. The molecule has 76 valence electrons. The highest BCUT2D eigenvalue weighted by molar-refractivity contribution is 5.93. The van der Waals surface area contributed by atoms with E-state index in [1.165, 1.54) is 13.1 Å². The van der Waals surface area contributed by atoms with E-state index in [4.69, 9.17) is 5.11 Å². The van der Waals surface area contributed by atoms with Crippen molar-refractivity contribution < 1.29 is 19.4 Å². The van der Waals surface area contributed by atoms with Gasteiger partial charge in [0.15, 0.2) is 5.82 Å². The Morgan fingerprint density at radius 1 is 1.71 bits per heavy atom. The number of aliphatic hydroxyl groups is 1. The fraction of sp³-hybridized carbons (Fsp3) is 0.333. The van der Waals surface area contributed by atoms with Gasteiger partial charge in [-0.2, -0.15) is 10.3 Å². The SMILES string of the molecule is CC(O)C(=O)OC(=O)Nc1cn[nH]n1. The van der Waals surface area contributed by atoms with Crippen LogP contribution in [0.15, 0.2) is 6.20 Å². The Hall–Kier alpha value is -1.96. The van der Waals surface area contributed by atoms with Crippen molar-refractivity contribution in [1.82, 2.24) is 15.4 Å². The van der Waals surface area contributed by atoms with Crippen molar-refractivity contribution >= 4 is 17.9 Å². The number of amides is 1. The van der Waals surface area contributed by atoms with Crippen molar-refractivity contribution in [3.05, 3.63) is 6.20 Å². The molecule has 0 spiro atoms. The Morgan fingerprint density at radius 2 is 2.43 bits per heavy atom. The van der Waals surface area contributed by atoms with E-state index >= 15 is 0 Å². The summed E-state index contributed by atoms with van der Waals surface area (Å²) in [6.07, 6.45) is -1.14. The average Bonchev–Trinajstić information content (AvgIpc) is 2.56. The standard InChI is InChI=1S/C6H8N4O4/c1-3(11)5(12)14-6(13)8-4-2-7-10-9-4/h2-3,11H,1H3,(H2,7,8,9,10,13). The van der Waals surface area contributed by atoms with Crippen LogP contribution in [0.1, 0.15) is 6.92 Å². The number of hydrogen-bond donors (Lipinski definition) is 3. The second-order valence-corrected chi connectivity index (χ2v) is 2.36. The Balaban J connectivity index is 2.41. The third-order valence-electron chi connectivity index (χ3n) is 1.18. The number of carbonyl (C=O) groups is 2. The van der Waals surface area contributed by atoms with E-state index in [1.54, 1.807) is 0 Å². The van der Waals surface area contributed by atoms with Gasteiger partial charge in [-0.05, 0) is 6.92 Å². The zero-order chi connectivity index (χ0) is 10.6. The van der Waals surface area contributed by atoms with Gasteiger partial charge in [0.1, 0.15) is 6.10 Å². The molecule has 1 atom stereocenters. The predicted octanol–water partition coefficient (Wildman–Crippen LogP) is -0.739. The van der Waals surface area contributed by atoms with E-state index in [0.29, 0.717) is 0 Å². The molecule has 0 aliphatic rings. The van der Waals surface area contributed by atoms with Gasteiger partial charge in [-0.25, -0.2) is 9.59 Å². The lowest BCUT2D eigenvalue weighted by molar-refractivity contribution is -0.145. The summed E-state index contributed by atoms with van der Waals surface area (Å²) in [6, 6.07) is 0. The van der Waals surface area contributed by atoms with Crippen LogP contribution in [-0.2, 0) is 9.53 Å². The normalized spacial score (nSPS) is 11.9. The average molecular weight is 200 g/mol. The van der Waals surface area contributed by atoms with Crippen LogP contribution >= 0.6 is 0 Å². The summed E-state index contributed by atoms with van der Waals surface area (Å²) in [5.41, 5.74) is 0. The van der Waals surface area contributed by atoms with Crippen molar-refractivity contribution in [1.29, 1.82) is 0 Å². The van der Waals surface area contributed by atoms with Crippen molar-refractivity contribution in [3.8, 4) is 0 Å². The van der Waals surface area contributed by atoms with Crippen LogP contribution in [0.25, 0.3) is 0 Å². The molecule has 14 heavy (non-hydrogen) atoms. The first-order valence-electron chi connectivity index (χ1n) is 3.66. The molecule has 0 saturated heterocycles. The van der Waals surface area contributed by atoms with Gasteiger partial charge in [0.2, 0.25) is 0 Å². The number of anilines is 1. The predicted molar refractivity (Wildman–Crippen MR) is 43.2 cm³/mol. The third-order valence-corrected chi connectivity index (χ3v) is 1.18. The Kier molecular flexibility index (Phi) is 3.13. The maximum absolute atomic E-state index is 10.9. The zero-order valence-corrected chi connectivity index (χ0v) is 7.22. The largest absolute Gasteiger partial charge is 0.420 e. The number of nitrogens with zero attached hydrogens (tertiary/aromatic N) is 2. The topological polar surface area (TPSA) is 117 Å². The molecule has 1 amide bonds. The highest BCUT2D eigenvalue weighted by Gasteiger charge is 2.15. The molecule has 8 heteroatoms. The van der Waals surface area contributed by atoms with E-state index in [1.807, 2.05) is 0 Å². The first kappa shape index (κ1) is 10.1. The van der Waals surface area contributed by atoms with Gasteiger partial charge in [0.05, 0.1) is 6.20 Å². The van der Waals surface area contributed by atoms with Crippen LogP contribution in [0.2, 0.25) is 0 Å². The van der Waals surface area contributed by atoms with Crippen molar-refractivity contribution in [2.24, 2.45) is 0 Å². The van der Waals surface area contributed by atoms with Crippen molar-refractivity contribution in [3.63, 3.8) is 0 Å². The van der Waals surface area contributed by atoms with Crippen molar-refractivity contribution in [2.75, 3.05) is 5.32 Å². The molecule has 1 heterocycles. The number of rotatable bonds is 2.